The second-order valence-electron chi connectivity index (χ2n) is 2.31. The Morgan fingerprint density at radius 2 is 2.62 bits per heavy atom. The number of rotatable bonds is 5. The van der Waals surface area contributed by atoms with Gasteiger partial charge in [0.25, 0.3) is 0 Å². The molecule has 0 unspecified atom stereocenters. The van der Waals surface area contributed by atoms with Gasteiger partial charge >= 0.3 is 5.82 Å². The number of nitrogens with zero attached hydrogens (tertiary/aromatic N) is 2. The lowest BCUT2D eigenvalue weighted by Gasteiger charge is -2.01. The number of hydrogen-bond acceptors (Lipinski definition) is 5. The highest BCUT2D eigenvalue weighted by molar-refractivity contribution is 5.55. The summed E-state index contributed by atoms with van der Waals surface area (Å²) in [7, 11) is 1.56. The molecular weight excluding hydrogens is 176 g/mol. The smallest absolute Gasteiger partial charge is 0.366 e. The molecule has 72 valence electrons. The molecule has 7 nitrogen and oxygen atoms in total. The molecule has 0 amide bonds. The maximum absolute atomic E-state index is 10.4. The number of hydrogen-bond donors (Lipinski definition) is 2. The summed E-state index contributed by atoms with van der Waals surface area (Å²) >= 11 is 0. The van der Waals surface area contributed by atoms with Crippen molar-refractivity contribution in [1.82, 2.24) is 10.2 Å². The van der Waals surface area contributed by atoms with E-state index in [2.05, 4.69) is 15.5 Å². The normalized spacial score (nSPS) is 9.92. The molecule has 0 aromatic carbocycles. The number of anilines is 1. The summed E-state index contributed by atoms with van der Waals surface area (Å²) in [6.07, 6.45) is 1.37. The van der Waals surface area contributed by atoms with E-state index < -0.39 is 4.92 Å². The zero-order valence-electron chi connectivity index (χ0n) is 7.11. The summed E-state index contributed by atoms with van der Waals surface area (Å²) in [5, 5.41) is 19.0. The van der Waals surface area contributed by atoms with Gasteiger partial charge in [-0.2, -0.15) is 0 Å². The van der Waals surface area contributed by atoms with Gasteiger partial charge in [-0.3, -0.25) is 0 Å². The predicted octanol–water partition coefficient (Wildman–Crippen LogP) is 0.376. The van der Waals surface area contributed by atoms with Crippen LogP contribution in [0.15, 0.2) is 6.20 Å². The van der Waals surface area contributed by atoms with E-state index >= 15 is 0 Å². The van der Waals surface area contributed by atoms with Crippen molar-refractivity contribution >= 4 is 11.5 Å². The molecule has 0 atom stereocenters. The highest BCUT2D eigenvalue weighted by Crippen LogP contribution is 2.18. The Bertz CT molecular complexity index is 285. The lowest BCUT2D eigenvalue weighted by Crippen LogP contribution is -2.08. The number of H-pyrrole nitrogens is 1. The first-order valence-corrected chi connectivity index (χ1v) is 3.66. The van der Waals surface area contributed by atoms with E-state index in [4.69, 9.17) is 4.74 Å². The van der Waals surface area contributed by atoms with Crippen molar-refractivity contribution in [3.05, 3.63) is 16.3 Å². The maximum Gasteiger partial charge on any atom is 0.366 e. The second kappa shape index (κ2) is 4.41. The molecule has 0 radical (unpaired) electrons. The van der Waals surface area contributed by atoms with Crippen LogP contribution in [0.4, 0.5) is 11.5 Å². The van der Waals surface area contributed by atoms with Crippen LogP contribution >= 0.6 is 0 Å². The Morgan fingerprint density at radius 1 is 1.85 bits per heavy atom. The third-order valence-corrected chi connectivity index (χ3v) is 1.42. The van der Waals surface area contributed by atoms with Crippen LogP contribution in [-0.2, 0) is 4.74 Å². The van der Waals surface area contributed by atoms with Crippen molar-refractivity contribution in [2.75, 3.05) is 25.6 Å². The molecule has 0 aliphatic carbocycles. The van der Waals surface area contributed by atoms with Crippen molar-refractivity contribution < 1.29 is 9.66 Å². The van der Waals surface area contributed by atoms with Crippen LogP contribution in [0.2, 0.25) is 0 Å². The molecule has 13 heavy (non-hydrogen) atoms. The van der Waals surface area contributed by atoms with Gasteiger partial charge in [-0.25, -0.2) is 0 Å². The first-order chi connectivity index (χ1) is 6.25. The van der Waals surface area contributed by atoms with Crippen LogP contribution in [0.25, 0.3) is 0 Å². The standard InChI is InChI=1S/C6H10N4O3/c1-13-3-2-7-5-4-8-9-6(5)10(11)12/h4,7H,2-3H2,1H3,(H,8,9). The molecule has 1 rings (SSSR count). The zero-order chi connectivity index (χ0) is 9.68. The predicted molar refractivity (Wildman–Crippen MR) is 45.6 cm³/mol. The monoisotopic (exact) mass is 186 g/mol. The number of aromatic amines is 1. The Hall–Kier alpha value is -1.63. The third-order valence-electron chi connectivity index (χ3n) is 1.42. The van der Waals surface area contributed by atoms with Crippen LogP contribution in [0.5, 0.6) is 0 Å². The number of nitro groups is 1. The maximum atomic E-state index is 10.4. The van der Waals surface area contributed by atoms with Crippen LogP contribution in [0, 0.1) is 10.1 Å². The molecule has 0 saturated heterocycles. The van der Waals surface area contributed by atoms with E-state index in [1.807, 2.05) is 0 Å². The highest BCUT2D eigenvalue weighted by atomic mass is 16.6. The Kier molecular flexibility index (Phi) is 3.21. The third kappa shape index (κ3) is 2.41. The van der Waals surface area contributed by atoms with Gasteiger partial charge in [-0.15, -0.1) is 5.10 Å². The van der Waals surface area contributed by atoms with E-state index in [-0.39, 0.29) is 5.82 Å². The largest absolute Gasteiger partial charge is 0.383 e. The van der Waals surface area contributed by atoms with Crippen molar-refractivity contribution in [2.24, 2.45) is 0 Å². The summed E-state index contributed by atoms with van der Waals surface area (Å²) in [6, 6.07) is 0. The first kappa shape index (κ1) is 9.46. The lowest BCUT2D eigenvalue weighted by atomic mass is 10.5. The van der Waals surface area contributed by atoms with Crippen LogP contribution in [0.1, 0.15) is 0 Å². The Morgan fingerprint density at radius 3 is 3.23 bits per heavy atom. The number of methoxy groups -OCH3 is 1. The molecule has 7 heteroatoms. The molecule has 1 aromatic rings. The molecule has 1 heterocycles. The summed E-state index contributed by atoms with van der Waals surface area (Å²) in [5.74, 6) is -0.129. The molecule has 0 aliphatic rings. The van der Waals surface area contributed by atoms with E-state index in [9.17, 15) is 10.1 Å². The fourth-order valence-electron chi connectivity index (χ4n) is 0.836. The average Bonchev–Trinajstić information content (AvgIpc) is 2.53. The second-order valence-corrected chi connectivity index (χ2v) is 2.31. The zero-order valence-corrected chi connectivity index (χ0v) is 7.11. The van der Waals surface area contributed by atoms with Crippen LogP contribution in [0.3, 0.4) is 0 Å². The van der Waals surface area contributed by atoms with Crippen LogP contribution in [-0.4, -0.2) is 35.4 Å². The number of nitrogens with one attached hydrogen (secondary N) is 2. The van der Waals surface area contributed by atoms with Gasteiger partial charge in [-0.1, -0.05) is 5.10 Å². The Balaban J connectivity index is 2.55. The molecule has 2 N–H and O–H groups in total. The molecule has 0 aliphatic heterocycles. The van der Waals surface area contributed by atoms with Crippen molar-refractivity contribution in [3.8, 4) is 0 Å². The SMILES string of the molecule is COCCNc1cn[nH]c1[N+](=O)[O-]. The Labute approximate surface area is 74.2 Å². The van der Waals surface area contributed by atoms with Crippen LogP contribution < -0.4 is 5.32 Å². The minimum Gasteiger partial charge on any atom is -0.383 e. The molecule has 0 bridgehead atoms. The van der Waals surface area contributed by atoms with E-state index in [0.717, 1.165) is 0 Å². The fraction of sp³-hybridized carbons (Fsp3) is 0.500. The quantitative estimate of drug-likeness (QED) is 0.394. The molecule has 0 saturated carbocycles. The number of aromatic nitrogens is 2. The van der Waals surface area contributed by atoms with Crippen molar-refractivity contribution in [3.63, 3.8) is 0 Å². The molecule has 0 spiro atoms. The van der Waals surface area contributed by atoms with E-state index in [1.165, 1.54) is 6.20 Å². The van der Waals surface area contributed by atoms with Gasteiger partial charge in [0, 0.05) is 13.7 Å². The van der Waals surface area contributed by atoms with E-state index in [1.54, 1.807) is 7.11 Å². The first-order valence-electron chi connectivity index (χ1n) is 3.66. The van der Waals surface area contributed by atoms with E-state index in [0.29, 0.717) is 18.8 Å². The lowest BCUT2D eigenvalue weighted by molar-refractivity contribution is -0.388. The fourth-order valence-corrected chi connectivity index (χ4v) is 0.836. The summed E-state index contributed by atoms with van der Waals surface area (Å²) in [5.41, 5.74) is 0.377. The topological polar surface area (TPSA) is 93.1 Å². The van der Waals surface area contributed by atoms with Gasteiger partial charge in [0.15, 0.2) is 5.69 Å². The minimum atomic E-state index is -0.526. The highest BCUT2D eigenvalue weighted by Gasteiger charge is 2.13. The molecular formula is C6H10N4O3. The summed E-state index contributed by atoms with van der Waals surface area (Å²) in [4.78, 5) is 9.85. The molecule has 1 aromatic heterocycles. The summed E-state index contributed by atoms with van der Waals surface area (Å²) in [6.45, 7) is 0.999. The minimum absolute atomic E-state index is 0.129. The number of ether oxygens (including phenoxy) is 1. The van der Waals surface area contributed by atoms with Gasteiger partial charge in [0.1, 0.15) is 6.20 Å². The van der Waals surface area contributed by atoms with Gasteiger partial charge in [-0.05, 0) is 4.92 Å². The van der Waals surface area contributed by atoms with Gasteiger partial charge in [0.2, 0.25) is 0 Å². The van der Waals surface area contributed by atoms with Crippen molar-refractivity contribution in [1.29, 1.82) is 0 Å². The molecule has 0 fully saturated rings. The van der Waals surface area contributed by atoms with Gasteiger partial charge < -0.3 is 20.2 Å². The summed E-state index contributed by atoms with van der Waals surface area (Å²) < 4.78 is 4.78. The van der Waals surface area contributed by atoms with Crippen molar-refractivity contribution in [2.45, 2.75) is 0 Å². The average molecular weight is 186 g/mol. The van der Waals surface area contributed by atoms with Gasteiger partial charge in [0.05, 0.1) is 6.61 Å².